The Morgan fingerprint density at radius 2 is 1.73 bits per heavy atom. The van der Waals surface area contributed by atoms with Crippen molar-refractivity contribution in [2.24, 2.45) is 0 Å². The topological polar surface area (TPSA) is 38.8 Å². The van der Waals surface area contributed by atoms with Crippen molar-refractivity contribution in [1.29, 1.82) is 0 Å². The van der Waals surface area contributed by atoms with Gasteiger partial charge < -0.3 is 14.4 Å². The molecule has 0 spiro atoms. The molecule has 0 heterocycles. The van der Waals surface area contributed by atoms with E-state index in [-0.39, 0.29) is 5.91 Å². The van der Waals surface area contributed by atoms with Crippen LogP contribution in [0.25, 0.3) is 0 Å². The van der Waals surface area contributed by atoms with E-state index in [1.165, 1.54) is 0 Å². The maximum atomic E-state index is 12.5. The fourth-order valence-corrected chi connectivity index (χ4v) is 3.99. The van der Waals surface area contributed by atoms with Gasteiger partial charge in [-0.3, -0.25) is 4.79 Å². The molecule has 0 aliphatic heterocycles. The molecule has 6 heteroatoms. The molecule has 0 aliphatic rings. The fourth-order valence-electron chi connectivity index (χ4n) is 2.56. The summed E-state index contributed by atoms with van der Waals surface area (Å²) in [5, 5.41) is 0. The molecule has 0 aromatic heterocycles. The van der Waals surface area contributed by atoms with E-state index in [4.69, 9.17) is 9.47 Å². The number of thioether (sulfide) groups is 1. The lowest BCUT2D eigenvalue weighted by molar-refractivity contribution is -0.127. The Balaban J connectivity index is 2.02. The van der Waals surface area contributed by atoms with Gasteiger partial charge in [-0.05, 0) is 60.9 Å². The maximum absolute atomic E-state index is 12.5. The molecule has 2 rings (SSSR count). The number of nitrogens with zero attached hydrogens (tertiary/aromatic N) is 1. The van der Waals surface area contributed by atoms with Gasteiger partial charge in [-0.15, -0.1) is 11.8 Å². The van der Waals surface area contributed by atoms with Crippen molar-refractivity contribution in [3.05, 3.63) is 51.5 Å². The molecule has 2 aromatic rings. The molecule has 0 fully saturated rings. The average molecular weight is 438 g/mol. The van der Waals surface area contributed by atoms with Gasteiger partial charge in [0.2, 0.25) is 5.91 Å². The van der Waals surface area contributed by atoms with Crippen molar-refractivity contribution < 1.29 is 14.3 Å². The molecule has 0 bridgehead atoms. The second-order valence-electron chi connectivity index (χ2n) is 6.08. The summed E-state index contributed by atoms with van der Waals surface area (Å²) in [5.41, 5.74) is 3.28. The predicted octanol–water partition coefficient (Wildman–Crippen LogP) is 4.83. The van der Waals surface area contributed by atoms with E-state index in [9.17, 15) is 4.79 Å². The van der Waals surface area contributed by atoms with Crippen LogP contribution in [0.3, 0.4) is 0 Å². The Morgan fingerprint density at radius 3 is 2.35 bits per heavy atom. The number of hydrogen-bond acceptors (Lipinski definition) is 4. The highest BCUT2D eigenvalue weighted by Gasteiger charge is 2.14. The van der Waals surface area contributed by atoms with Crippen molar-refractivity contribution in [1.82, 2.24) is 4.90 Å². The number of carbonyl (C=O) groups excluding carboxylic acids is 1. The molecule has 0 radical (unpaired) electrons. The van der Waals surface area contributed by atoms with Crippen molar-refractivity contribution in [2.45, 2.75) is 25.3 Å². The van der Waals surface area contributed by atoms with Crippen LogP contribution < -0.4 is 9.47 Å². The number of rotatable bonds is 7. The SMILES string of the molecule is COc1cc(C)c(CN(C)C(=O)CSc2ccc(Br)cc2C)cc1OC. The normalized spacial score (nSPS) is 10.5. The highest BCUT2D eigenvalue weighted by molar-refractivity contribution is 9.10. The summed E-state index contributed by atoms with van der Waals surface area (Å²) < 4.78 is 11.7. The minimum Gasteiger partial charge on any atom is -0.493 e. The number of benzene rings is 2. The fraction of sp³-hybridized carbons (Fsp3) is 0.350. The third-order valence-electron chi connectivity index (χ3n) is 4.16. The van der Waals surface area contributed by atoms with Gasteiger partial charge in [0.1, 0.15) is 0 Å². The van der Waals surface area contributed by atoms with Crippen LogP contribution >= 0.6 is 27.7 Å². The lowest BCUT2D eigenvalue weighted by Gasteiger charge is -2.20. The first kappa shape index (κ1) is 20.6. The Bertz CT molecular complexity index is 795. The molecule has 0 N–H and O–H groups in total. The second-order valence-corrected chi connectivity index (χ2v) is 8.01. The number of aryl methyl sites for hydroxylation is 2. The van der Waals surface area contributed by atoms with E-state index < -0.39 is 0 Å². The third-order valence-corrected chi connectivity index (χ3v) is 5.82. The second kappa shape index (κ2) is 9.33. The highest BCUT2D eigenvalue weighted by atomic mass is 79.9. The van der Waals surface area contributed by atoms with Crippen molar-refractivity contribution >= 4 is 33.6 Å². The monoisotopic (exact) mass is 437 g/mol. The quantitative estimate of drug-likeness (QED) is 0.581. The number of methoxy groups -OCH3 is 2. The van der Waals surface area contributed by atoms with Gasteiger partial charge in [0.05, 0.1) is 20.0 Å². The summed E-state index contributed by atoms with van der Waals surface area (Å²) in [7, 11) is 5.06. The third kappa shape index (κ3) is 5.17. The van der Waals surface area contributed by atoms with Gasteiger partial charge in [-0.1, -0.05) is 15.9 Å². The highest BCUT2D eigenvalue weighted by Crippen LogP contribution is 2.31. The van der Waals surface area contributed by atoms with Crippen LogP contribution in [-0.2, 0) is 11.3 Å². The zero-order valence-electron chi connectivity index (χ0n) is 15.8. The van der Waals surface area contributed by atoms with Crippen molar-refractivity contribution in [2.75, 3.05) is 27.0 Å². The van der Waals surface area contributed by atoms with E-state index in [0.717, 1.165) is 26.1 Å². The Kier molecular flexibility index (Phi) is 7.41. The van der Waals surface area contributed by atoms with Crippen LogP contribution in [0, 0.1) is 13.8 Å². The Morgan fingerprint density at radius 1 is 1.08 bits per heavy atom. The van der Waals surface area contributed by atoms with Crippen LogP contribution in [0.4, 0.5) is 0 Å². The Labute approximate surface area is 168 Å². The van der Waals surface area contributed by atoms with Gasteiger partial charge in [-0.25, -0.2) is 0 Å². The van der Waals surface area contributed by atoms with Gasteiger partial charge >= 0.3 is 0 Å². The number of carbonyl (C=O) groups is 1. The molecule has 2 aromatic carbocycles. The first-order valence-corrected chi connectivity index (χ1v) is 9.98. The predicted molar refractivity (Wildman–Crippen MR) is 110 cm³/mol. The first-order chi connectivity index (χ1) is 12.3. The molecule has 26 heavy (non-hydrogen) atoms. The molecule has 0 saturated carbocycles. The lowest BCUT2D eigenvalue weighted by atomic mass is 10.1. The maximum Gasteiger partial charge on any atom is 0.232 e. The average Bonchev–Trinajstić information content (AvgIpc) is 2.61. The summed E-state index contributed by atoms with van der Waals surface area (Å²) in [5.74, 6) is 1.87. The molecule has 0 aliphatic carbocycles. The van der Waals surface area contributed by atoms with Gasteiger partial charge in [-0.2, -0.15) is 0 Å². The standard InChI is InChI=1S/C20H24BrNO3S/c1-13-9-17(24-4)18(25-5)10-15(13)11-22(3)20(23)12-26-19-7-6-16(21)8-14(19)2/h6-10H,11-12H2,1-5H3. The van der Waals surface area contributed by atoms with E-state index in [1.54, 1.807) is 30.9 Å². The summed E-state index contributed by atoms with van der Waals surface area (Å²) >= 11 is 5.03. The lowest BCUT2D eigenvalue weighted by Crippen LogP contribution is -2.28. The van der Waals surface area contributed by atoms with E-state index in [2.05, 4.69) is 22.0 Å². The summed E-state index contributed by atoms with van der Waals surface area (Å²) in [4.78, 5) is 15.4. The van der Waals surface area contributed by atoms with Gasteiger partial charge in [0.15, 0.2) is 11.5 Å². The molecular formula is C20H24BrNO3S. The molecule has 0 unspecified atom stereocenters. The number of ether oxygens (including phenoxy) is 2. The van der Waals surface area contributed by atoms with E-state index in [0.29, 0.717) is 23.8 Å². The molecule has 1 amide bonds. The number of amides is 1. The van der Waals surface area contributed by atoms with Crippen LogP contribution in [0.5, 0.6) is 11.5 Å². The number of halogens is 1. The minimum absolute atomic E-state index is 0.0894. The summed E-state index contributed by atoms with van der Waals surface area (Å²) in [6.45, 7) is 4.59. The summed E-state index contributed by atoms with van der Waals surface area (Å²) in [6.07, 6.45) is 0. The zero-order chi connectivity index (χ0) is 19.3. The molecule has 140 valence electrons. The summed E-state index contributed by atoms with van der Waals surface area (Å²) in [6, 6.07) is 9.96. The van der Waals surface area contributed by atoms with Crippen molar-refractivity contribution in [3.63, 3.8) is 0 Å². The van der Waals surface area contributed by atoms with Crippen LogP contribution in [0.2, 0.25) is 0 Å². The van der Waals surface area contributed by atoms with E-state index >= 15 is 0 Å². The van der Waals surface area contributed by atoms with Crippen LogP contribution in [0.15, 0.2) is 39.7 Å². The van der Waals surface area contributed by atoms with Crippen LogP contribution in [-0.4, -0.2) is 37.8 Å². The first-order valence-electron chi connectivity index (χ1n) is 8.20. The van der Waals surface area contributed by atoms with Gasteiger partial charge in [0, 0.05) is 23.0 Å². The molecule has 0 saturated heterocycles. The molecule has 0 atom stereocenters. The van der Waals surface area contributed by atoms with E-state index in [1.807, 2.05) is 45.2 Å². The largest absolute Gasteiger partial charge is 0.493 e. The van der Waals surface area contributed by atoms with Crippen LogP contribution in [0.1, 0.15) is 16.7 Å². The minimum atomic E-state index is 0.0894. The molecular weight excluding hydrogens is 414 g/mol. The number of hydrogen-bond donors (Lipinski definition) is 0. The smallest absolute Gasteiger partial charge is 0.232 e. The zero-order valence-corrected chi connectivity index (χ0v) is 18.2. The molecule has 4 nitrogen and oxygen atoms in total. The van der Waals surface area contributed by atoms with Crippen molar-refractivity contribution in [3.8, 4) is 11.5 Å². The Hall–Kier alpha value is -1.66. The van der Waals surface area contributed by atoms with Gasteiger partial charge in [0.25, 0.3) is 0 Å².